The summed E-state index contributed by atoms with van der Waals surface area (Å²) in [6.07, 6.45) is -1.79. The zero-order valence-corrected chi connectivity index (χ0v) is 14.4. The number of rotatable bonds is 4. The molecule has 0 amide bonds. The van der Waals surface area contributed by atoms with Crippen molar-refractivity contribution in [1.82, 2.24) is 31.8 Å². The number of fused-ring (bicyclic) bond motifs is 1. The lowest BCUT2D eigenvalue weighted by molar-refractivity contribution is -0.345. The summed E-state index contributed by atoms with van der Waals surface area (Å²) in [5.74, 6) is -0.127. The first-order valence-corrected chi connectivity index (χ1v) is 7.93. The Morgan fingerprint density at radius 1 is 1.52 bits per heavy atom. The van der Waals surface area contributed by atoms with Gasteiger partial charge < -0.3 is 46.8 Å². The molecule has 3 rings (SSSR count). The maximum Gasteiger partial charge on any atom is 0.280 e. The van der Waals surface area contributed by atoms with Gasteiger partial charge in [0.05, 0.1) is 26.9 Å². The van der Waals surface area contributed by atoms with Gasteiger partial charge in [0, 0.05) is 6.42 Å². The number of anilines is 1. The Bertz CT molecular complexity index is 833. The minimum absolute atomic E-state index is 0. The number of nitrogens with one attached hydrogen (secondary N) is 1. The van der Waals surface area contributed by atoms with Gasteiger partial charge in [-0.15, -0.1) is 0 Å². The van der Waals surface area contributed by atoms with Crippen LogP contribution in [0.2, 0.25) is 0 Å². The SMILES string of the molecule is Nc1nc2c(ncn2[C@H]2C[C@H](OP(=O)([O-])[O-])[C@@H](CO)O2)c(=O)[nH]1.[NH4+].[NH4+]. The number of nitrogen functional groups attached to an aromatic ring is 1. The van der Waals surface area contributed by atoms with E-state index in [4.69, 9.17) is 10.5 Å². The second kappa shape index (κ2) is 7.55. The quantitative estimate of drug-likeness (QED) is 0.361. The first-order chi connectivity index (χ1) is 10.8. The molecule has 1 aliphatic rings. The van der Waals surface area contributed by atoms with Crippen LogP contribution in [0.4, 0.5) is 5.95 Å². The topological polar surface area (TPSA) is 264 Å². The predicted octanol–water partition coefficient (Wildman–Crippen LogP) is -2.05. The third-order valence-electron chi connectivity index (χ3n) is 3.39. The van der Waals surface area contributed by atoms with Gasteiger partial charge in [-0.2, -0.15) is 4.98 Å². The van der Waals surface area contributed by atoms with Crippen LogP contribution in [0.15, 0.2) is 11.1 Å². The monoisotopic (exact) mass is 381 g/mol. The third kappa shape index (κ3) is 4.20. The van der Waals surface area contributed by atoms with Crippen molar-refractivity contribution in [3.63, 3.8) is 0 Å². The number of aromatic nitrogens is 4. The molecule has 0 bridgehead atoms. The molecule has 25 heavy (non-hydrogen) atoms. The van der Waals surface area contributed by atoms with Crippen LogP contribution < -0.4 is 33.4 Å². The van der Waals surface area contributed by atoms with Gasteiger partial charge >= 0.3 is 0 Å². The lowest BCUT2D eigenvalue weighted by atomic mass is 10.2. The number of aromatic amines is 1. The van der Waals surface area contributed by atoms with Crippen LogP contribution in [0.25, 0.3) is 11.2 Å². The van der Waals surface area contributed by atoms with E-state index < -0.39 is 38.4 Å². The molecule has 2 aromatic heterocycles. The number of hydrogen-bond donors (Lipinski definition) is 5. The fourth-order valence-corrected chi connectivity index (χ4v) is 3.02. The summed E-state index contributed by atoms with van der Waals surface area (Å²) in [6, 6.07) is 0. The average molecular weight is 381 g/mol. The second-order valence-corrected chi connectivity index (χ2v) is 6.02. The number of H-pyrrole nitrogens is 1. The summed E-state index contributed by atoms with van der Waals surface area (Å²) in [5, 5.41) is 9.24. The highest BCUT2D eigenvalue weighted by atomic mass is 31.2. The molecule has 0 unspecified atom stereocenters. The maximum absolute atomic E-state index is 11.7. The number of nitrogens with zero attached hydrogens (tertiary/aromatic N) is 3. The summed E-state index contributed by atoms with van der Waals surface area (Å²) in [5.41, 5.74) is 5.09. The molecule has 0 aromatic carbocycles. The molecule has 14 nitrogen and oxygen atoms in total. The van der Waals surface area contributed by atoms with Crippen LogP contribution >= 0.6 is 7.82 Å². The number of imidazole rings is 1. The average Bonchev–Trinajstić information content (AvgIpc) is 3.00. The summed E-state index contributed by atoms with van der Waals surface area (Å²) in [7, 11) is -5.24. The molecule has 15 heteroatoms. The number of ether oxygens (including phenoxy) is 1. The highest BCUT2D eigenvalue weighted by molar-refractivity contribution is 7.43. The molecule has 1 fully saturated rings. The molecule has 3 heterocycles. The molecule has 12 N–H and O–H groups in total. The van der Waals surface area contributed by atoms with Gasteiger partial charge in [-0.1, -0.05) is 0 Å². The molecule has 3 atom stereocenters. The minimum atomic E-state index is -5.24. The largest absolute Gasteiger partial charge is 0.790 e. The van der Waals surface area contributed by atoms with Crippen molar-refractivity contribution in [2.24, 2.45) is 0 Å². The standard InChI is InChI=1S/C10H14N5O7P.2H3N/c11-10-13-8-7(9(17)14-10)12-3-15(8)6-1-4(5(2-16)21-6)22-23(18,19)20;;/h3-6,16H,1-2H2,(H2,18,19,20)(H3,11,13,14,17);2*1H3/t4-,5+,6+;;/m0../s1. The zero-order valence-electron chi connectivity index (χ0n) is 13.5. The Kier molecular flexibility index (Phi) is 6.39. The number of quaternary nitrogens is 2. The van der Waals surface area contributed by atoms with Crippen molar-refractivity contribution in [1.29, 1.82) is 0 Å². The van der Waals surface area contributed by atoms with E-state index in [1.165, 1.54) is 10.9 Å². The van der Waals surface area contributed by atoms with Gasteiger partial charge in [0.25, 0.3) is 5.56 Å². The smallest absolute Gasteiger partial charge is 0.280 e. The second-order valence-electron chi connectivity index (χ2n) is 4.91. The van der Waals surface area contributed by atoms with E-state index in [1.807, 2.05) is 0 Å². The van der Waals surface area contributed by atoms with Crippen LogP contribution in [0, 0.1) is 0 Å². The summed E-state index contributed by atoms with van der Waals surface area (Å²) >= 11 is 0. The zero-order chi connectivity index (χ0) is 16.8. The van der Waals surface area contributed by atoms with E-state index in [2.05, 4.69) is 19.5 Å². The van der Waals surface area contributed by atoms with Crippen molar-refractivity contribution in [2.75, 3.05) is 12.3 Å². The first-order valence-electron chi connectivity index (χ1n) is 6.47. The van der Waals surface area contributed by atoms with E-state index >= 15 is 0 Å². The number of phosphoric ester groups is 1. The third-order valence-corrected chi connectivity index (χ3v) is 3.91. The van der Waals surface area contributed by atoms with Crippen molar-refractivity contribution in [3.8, 4) is 0 Å². The molecule has 0 spiro atoms. The van der Waals surface area contributed by atoms with Crippen LogP contribution in [-0.2, 0) is 13.8 Å². The summed E-state index contributed by atoms with van der Waals surface area (Å²) < 4.78 is 22.0. The van der Waals surface area contributed by atoms with Gasteiger partial charge in [0.15, 0.2) is 11.2 Å². The van der Waals surface area contributed by atoms with Gasteiger partial charge in [-0.05, 0) is 0 Å². The Labute approximate surface area is 140 Å². The van der Waals surface area contributed by atoms with E-state index in [0.717, 1.165) is 0 Å². The van der Waals surface area contributed by atoms with Crippen molar-refractivity contribution >= 4 is 24.9 Å². The van der Waals surface area contributed by atoms with Crippen molar-refractivity contribution in [2.45, 2.75) is 24.9 Å². The molecule has 142 valence electrons. The van der Waals surface area contributed by atoms with Crippen molar-refractivity contribution in [3.05, 3.63) is 16.7 Å². The number of hydrogen-bond acceptors (Lipinski definition) is 10. The fraction of sp³-hybridized carbons (Fsp3) is 0.500. The molecule has 2 aromatic rings. The number of aliphatic hydroxyl groups is 1. The Morgan fingerprint density at radius 3 is 2.80 bits per heavy atom. The van der Waals surface area contributed by atoms with E-state index in [-0.39, 0.29) is 35.8 Å². The molecule has 0 radical (unpaired) electrons. The van der Waals surface area contributed by atoms with E-state index in [1.54, 1.807) is 0 Å². The number of nitrogens with two attached hydrogens (primary N) is 1. The van der Waals surface area contributed by atoms with Crippen LogP contribution in [0.1, 0.15) is 12.6 Å². The van der Waals surface area contributed by atoms with Crippen LogP contribution in [0.3, 0.4) is 0 Å². The lowest BCUT2D eigenvalue weighted by Crippen LogP contribution is -2.31. The Morgan fingerprint density at radius 2 is 2.20 bits per heavy atom. The Hall–Kier alpha value is -1.90. The maximum atomic E-state index is 11.7. The van der Waals surface area contributed by atoms with Gasteiger partial charge in [0.1, 0.15) is 12.3 Å². The van der Waals surface area contributed by atoms with Crippen LogP contribution in [0.5, 0.6) is 0 Å². The molecular formula is C10H20N7O7P. The van der Waals surface area contributed by atoms with E-state index in [0.29, 0.717) is 0 Å². The van der Waals surface area contributed by atoms with Gasteiger partial charge in [-0.25, -0.2) is 4.98 Å². The highest BCUT2D eigenvalue weighted by Gasteiger charge is 2.38. The molecule has 1 aliphatic heterocycles. The molecular weight excluding hydrogens is 361 g/mol. The number of phosphoric acid groups is 1. The minimum Gasteiger partial charge on any atom is -0.790 e. The number of aliphatic hydroxyl groups excluding tert-OH is 1. The van der Waals surface area contributed by atoms with Gasteiger partial charge in [-0.3, -0.25) is 14.3 Å². The lowest BCUT2D eigenvalue weighted by Gasteiger charge is -2.32. The summed E-state index contributed by atoms with van der Waals surface area (Å²) in [6.45, 7) is -0.552. The molecule has 0 saturated carbocycles. The van der Waals surface area contributed by atoms with Crippen molar-refractivity contribution < 1.29 is 28.7 Å². The fourth-order valence-electron chi connectivity index (χ4n) is 2.47. The van der Waals surface area contributed by atoms with Gasteiger partial charge in [0.2, 0.25) is 5.95 Å². The first kappa shape index (κ1) is 21.1. The van der Waals surface area contributed by atoms with E-state index in [9.17, 15) is 24.3 Å². The Balaban J connectivity index is 0.00000156. The molecule has 1 saturated heterocycles. The van der Waals surface area contributed by atoms with Crippen LogP contribution in [-0.4, -0.2) is 43.4 Å². The predicted molar refractivity (Wildman–Crippen MR) is 82.6 cm³/mol. The normalized spacial score (nSPS) is 23.2. The highest BCUT2D eigenvalue weighted by Crippen LogP contribution is 2.38. The summed E-state index contributed by atoms with van der Waals surface area (Å²) in [4.78, 5) is 43.4. The molecule has 0 aliphatic carbocycles.